The van der Waals surface area contributed by atoms with Gasteiger partial charge in [-0.25, -0.2) is 0 Å². The average Bonchev–Trinajstić information content (AvgIpc) is 3.05. The summed E-state index contributed by atoms with van der Waals surface area (Å²) in [5, 5.41) is 1.14. The zero-order chi connectivity index (χ0) is 15.6. The summed E-state index contributed by atoms with van der Waals surface area (Å²) in [6, 6.07) is 10.1. The summed E-state index contributed by atoms with van der Waals surface area (Å²) in [5.74, 6) is 0.842. The van der Waals surface area contributed by atoms with Crippen molar-refractivity contribution in [3.05, 3.63) is 36.5 Å². The van der Waals surface area contributed by atoms with Crippen LogP contribution in [0.1, 0.15) is 0 Å². The number of hydrogen-bond acceptors (Lipinski definition) is 6. The number of anilines is 1. The molecule has 0 aliphatic carbocycles. The van der Waals surface area contributed by atoms with Gasteiger partial charge in [-0.15, -0.1) is 0 Å². The first kappa shape index (κ1) is 14.4. The SMILES string of the molecule is COc1cccc(-c2cnc3c(N4CCOCC4)snc3c2)c1. The lowest BCUT2D eigenvalue weighted by Crippen LogP contribution is -2.35. The molecule has 5 nitrogen and oxygen atoms in total. The van der Waals surface area contributed by atoms with Gasteiger partial charge in [-0.3, -0.25) is 4.98 Å². The Bertz CT molecular complexity index is 828. The molecule has 3 aromatic rings. The molecule has 118 valence electrons. The first-order valence-corrected chi connectivity index (χ1v) is 8.35. The van der Waals surface area contributed by atoms with E-state index >= 15 is 0 Å². The second-order valence-electron chi connectivity index (χ2n) is 5.41. The summed E-state index contributed by atoms with van der Waals surface area (Å²) in [6.45, 7) is 3.33. The molecule has 0 bridgehead atoms. The van der Waals surface area contributed by atoms with Gasteiger partial charge in [0.15, 0.2) is 0 Å². The number of benzene rings is 1. The highest BCUT2D eigenvalue weighted by Gasteiger charge is 2.18. The fourth-order valence-electron chi connectivity index (χ4n) is 2.76. The topological polar surface area (TPSA) is 47.5 Å². The van der Waals surface area contributed by atoms with E-state index in [9.17, 15) is 0 Å². The molecule has 1 aliphatic rings. The zero-order valence-corrected chi connectivity index (χ0v) is 13.7. The minimum atomic E-state index is 0.765. The van der Waals surface area contributed by atoms with Crippen LogP contribution < -0.4 is 9.64 Å². The van der Waals surface area contributed by atoms with Crippen LogP contribution in [-0.4, -0.2) is 42.8 Å². The van der Waals surface area contributed by atoms with Crippen molar-refractivity contribution in [2.75, 3.05) is 38.3 Å². The van der Waals surface area contributed by atoms with Crippen LogP contribution in [-0.2, 0) is 4.74 Å². The van der Waals surface area contributed by atoms with Crippen molar-refractivity contribution in [3.8, 4) is 16.9 Å². The molecule has 0 atom stereocenters. The molecule has 1 aromatic carbocycles. The molecule has 0 saturated carbocycles. The summed E-state index contributed by atoms with van der Waals surface area (Å²) in [4.78, 5) is 6.98. The summed E-state index contributed by atoms with van der Waals surface area (Å²) in [6.07, 6.45) is 1.91. The molecule has 6 heteroatoms. The highest BCUT2D eigenvalue weighted by atomic mass is 32.1. The molecule has 2 aromatic heterocycles. The fourth-order valence-corrected chi connectivity index (χ4v) is 3.62. The summed E-state index contributed by atoms with van der Waals surface area (Å²) < 4.78 is 15.3. The predicted molar refractivity (Wildman–Crippen MR) is 92.4 cm³/mol. The van der Waals surface area contributed by atoms with Crippen LogP contribution in [0.4, 0.5) is 5.00 Å². The Morgan fingerprint density at radius 3 is 2.87 bits per heavy atom. The molecule has 0 amide bonds. The molecule has 1 saturated heterocycles. The smallest absolute Gasteiger partial charge is 0.138 e. The van der Waals surface area contributed by atoms with Gasteiger partial charge in [0.1, 0.15) is 21.8 Å². The van der Waals surface area contributed by atoms with Gasteiger partial charge in [0.05, 0.1) is 20.3 Å². The second kappa shape index (κ2) is 6.14. The van der Waals surface area contributed by atoms with Gasteiger partial charge >= 0.3 is 0 Å². The number of nitrogens with zero attached hydrogens (tertiary/aromatic N) is 3. The first-order chi connectivity index (χ1) is 11.3. The number of morpholine rings is 1. The summed E-state index contributed by atoms with van der Waals surface area (Å²) in [5.41, 5.74) is 4.05. The van der Waals surface area contributed by atoms with Crippen LogP contribution in [0, 0.1) is 0 Å². The Morgan fingerprint density at radius 1 is 1.17 bits per heavy atom. The highest BCUT2D eigenvalue weighted by molar-refractivity contribution is 7.11. The third-order valence-corrected chi connectivity index (χ3v) is 4.91. The summed E-state index contributed by atoms with van der Waals surface area (Å²) in [7, 11) is 1.68. The third-order valence-electron chi connectivity index (χ3n) is 4.00. The van der Waals surface area contributed by atoms with Crippen molar-refractivity contribution >= 4 is 27.6 Å². The lowest BCUT2D eigenvalue weighted by molar-refractivity contribution is 0.123. The Balaban J connectivity index is 1.71. The van der Waals surface area contributed by atoms with E-state index in [1.807, 2.05) is 24.4 Å². The van der Waals surface area contributed by atoms with Gasteiger partial charge in [0.25, 0.3) is 0 Å². The monoisotopic (exact) mass is 327 g/mol. The minimum Gasteiger partial charge on any atom is -0.497 e. The molecular formula is C17H17N3O2S. The molecule has 3 heterocycles. The number of rotatable bonds is 3. The number of methoxy groups -OCH3 is 1. The third kappa shape index (κ3) is 2.75. The molecule has 4 rings (SSSR count). The molecule has 0 unspecified atom stereocenters. The van der Waals surface area contributed by atoms with Gasteiger partial charge in [-0.05, 0) is 35.3 Å². The number of aromatic nitrogens is 2. The van der Waals surface area contributed by atoms with E-state index in [2.05, 4.69) is 26.4 Å². The first-order valence-electron chi connectivity index (χ1n) is 7.58. The van der Waals surface area contributed by atoms with Crippen LogP contribution in [0.25, 0.3) is 22.2 Å². The number of fused-ring (bicyclic) bond motifs is 1. The summed E-state index contributed by atoms with van der Waals surface area (Å²) >= 11 is 1.51. The standard InChI is InChI=1S/C17H17N3O2S/c1-21-14-4-2-3-12(9-14)13-10-15-16(18-11-13)17(23-19-15)20-5-7-22-8-6-20/h2-4,9-11H,5-8H2,1H3. The van der Waals surface area contributed by atoms with E-state index in [0.29, 0.717) is 0 Å². The second-order valence-corrected chi connectivity index (χ2v) is 6.16. The van der Waals surface area contributed by atoms with Gasteiger partial charge < -0.3 is 14.4 Å². The van der Waals surface area contributed by atoms with Gasteiger partial charge in [-0.2, -0.15) is 4.37 Å². The highest BCUT2D eigenvalue weighted by Crippen LogP contribution is 2.33. The largest absolute Gasteiger partial charge is 0.497 e. The van der Waals surface area contributed by atoms with Crippen LogP contribution in [0.2, 0.25) is 0 Å². The Hall–Kier alpha value is -2.18. The molecule has 0 N–H and O–H groups in total. The Labute approximate surface area is 138 Å². The van der Waals surface area contributed by atoms with E-state index in [1.165, 1.54) is 11.5 Å². The predicted octanol–water partition coefficient (Wildman–Crippen LogP) is 3.20. The van der Waals surface area contributed by atoms with Crippen molar-refractivity contribution in [2.24, 2.45) is 0 Å². The van der Waals surface area contributed by atoms with Gasteiger partial charge in [0.2, 0.25) is 0 Å². The molecule has 1 fully saturated rings. The number of hydrogen-bond donors (Lipinski definition) is 0. The van der Waals surface area contributed by atoms with Crippen LogP contribution in [0.3, 0.4) is 0 Å². The molecule has 0 spiro atoms. The Kier molecular flexibility index (Phi) is 3.85. The normalized spacial score (nSPS) is 15.1. The maximum absolute atomic E-state index is 5.42. The van der Waals surface area contributed by atoms with Crippen LogP contribution in [0.15, 0.2) is 36.5 Å². The lowest BCUT2D eigenvalue weighted by atomic mass is 10.1. The fraction of sp³-hybridized carbons (Fsp3) is 0.294. The van der Waals surface area contributed by atoms with Crippen molar-refractivity contribution in [2.45, 2.75) is 0 Å². The quantitative estimate of drug-likeness (QED) is 0.739. The Morgan fingerprint density at radius 2 is 2.04 bits per heavy atom. The van der Waals surface area contributed by atoms with E-state index in [0.717, 1.165) is 59.2 Å². The maximum Gasteiger partial charge on any atom is 0.138 e. The van der Waals surface area contributed by atoms with Gasteiger partial charge in [-0.1, -0.05) is 12.1 Å². The molecule has 1 aliphatic heterocycles. The van der Waals surface area contributed by atoms with E-state index in [4.69, 9.17) is 9.47 Å². The van der Waals surface area contributed by atoms with E-state index in [-0.39, 0.29) is 0 Å². The van der Waals surface area contributed by atoms with E-state index < -0.39 is 0 Å². The molecule has 0 radical (unpaired) electrons. The maximum atomic E-state index is 5.42. The molecule has 23 heavy (non-hydrogen) atoms. The minimum absolute atomic E-state index is 0.765. The zero-order valence-electron chi connectivity index (χ0n) is 12.9. The van der Waals surface area contributed by atoms with Crippen molar-refractivity contribution in [1.82, 2.24) is 9.36 Å². The molecular weight excluding hydrogens is 310 g/mol. The number of ether oxygens (including phenoxy) is 2. The van der Waals surface area contributed by atoms with Crippen molar-refractivity contribution in [1.29, 1.82) is 0 Å². The lowest BCUT2D eigenvalue weighted by Gasteiger charge is -2.26. The van der Waals surface area contributed by atoms with Crippen molar-refractivity contribution in [3.63, 3.8) is 0 Å². The average molecular weight is 327 g/mol. The number of pyridine rings is 1. The van der Waals surface area contributed by atoms with Crippen molar-refractivity contribution < 1.29 is 9.47 Å². The van der Waals surface area contributed by atoms with Gasteiger partial charge in [0, 0.05) is 24.8 Å². The van der Waals surface area contributed by atoms with E-state index in [1.54, 1.807) is 7.11 Å². The van der Waals surface area contributed by atoms with Crippen LogP contribution in [0.5, 0.6) is 5.75 Å². The van der Waals surface area contributed by atoms with Crippen LogP contribution >= 0.6 is 11.5 Å².